The Bertz CT molecular complexity index is 768. The van der Waals surface area contributed by atoms with E-state index in [4.69, 9.17) is 4.74 Å². The van der Waals surface area contributed by atoms with E-state index in [1.54, 1.807) is 13.2 Å². The number of rotatable bonds is 4. The third kappa shape index (κ3) is 2.91. The molecule has 3 aromatic rings. The molecule has 21 heavy (non-hydrogen) atoms. The van der Waals surface area contributed by atoms with Gasteiger partial charge in [-0.25, -0.2) is 4.98 Å². The van der Waals surface area contributed by atoms with Crippen LogP contribution in [0.25, 0.3) is 10.9 Å². The molecule has 0 radical (unpaired) electrons. The summed E-state index contributed by atoms with van der Waals surface area (Å²) in [6.07, 6.45) is 1.81. The van der Waals surface area contributed by atoms with Crippen LogP contribution in [-0.4, -0.2) is 22.1 Å². The maximum absolute atomic E-state index is 5.15. The smallest absolute Gasteiger partial charge is 0.218 e. The third-order valence-electron chi connectivity index (χ3n) is 3.20. The van der Waals surface area contributed by atoms with E-state index in [2.05, 4.69) is 38.5 Å². The number of anilines is 1. The lowest BCUT2D eigenvalue weighted by Gasteiger charge is -2.09. The van der Waals surface area contributed by atoms with Crippen LogP contribution < -0.4 is 10.1 Å². The SMILES string of the molecule is COc1cc(NCc2cccc3cccnc23)nc(C)n1. The number of pyridine rings is 1. The van der Waals surface area contributed by atoms with Gasteiger partial charge in [0.25, 0.3) is 0 Å². The fourth-order valence-corrected chi connectivity index (χ4v) is 2.23. The minimum absolute atomic E-state index is 0.557. The molecule has 0 saturated heterocycles. The summed E-state index contributed by atoms with van der Waals surface area (Å²) in [5.41, 5.74) is 2.13. The van der Waals surface area contributed by atoms with Crippen LogP contribution in [0.1, 0.15) is 11.4 Å². The van der Waals surface area contributed by atoms with E-state index >= 15 is 0 Å². The van der Waals surface area contributed by atoms with Crippen molar-refractivity contribution < 1.29 is 4.74 Å². The van der Waals surface area contributed by atoms with E-state index in [1.165, 1.54) is 0 Å². The van der Waals surface area contributed by atoms with Gasteiger partial charge in [0.15, 0.2) is 0 Å². The van der Waals surface area contributed by atoms with Crippen LogP contribution in [-0.2, 0) is 6.54 Å². The second kappa shape index (κ2) is 5.75. The average Bonchev–Trinajstić information content (AvgIpc) is 2.52. The summed E-state index contributed by atoms with van der Waals surface area (Å²) in [7, 11) is 1.60. The molecular formula is C16H16N4O. The number of nitrogens with zero attached hydrogens (tertiary/aromatic N) is 3. The number of hydrogen-bond acceptors (Lipinski definition) is 5. The normalized spacial score (nSPS) is 10.6. The highest BCUT2D eigenvalue weighted by Gasteiger charge is 2.04. The molecule has 106 valence electrons. The maximum atomic E-state index is 5.15. The molecule has 0 atom stereocenters. The van der Waals surface area contributed by atoms with E-state index in [9.17, 15) is 0 Å². The second-order valence-corrected chi connectivity index (χ2v) is 4.69. The Morgan fingerprint density at radius 3 is 2.86 bits per heavy atom. The predicted molar refractivity (Wildman–Crippen MR) is 82.4 cm³/mol. The van der Waals surface area contributed by atoms with Crippen molar-refractivity contribution in [2.75, 3.05) is 12.4 Å². The summed E-state index contributed by atoms with van der Waals surface area (Å²) in [5.74, 6) is 1.97. The molecule has 0 spiro atoms. The molecule has 2 aromatic heterocycles. The second-order valence-electron chi connectivity index (χ2n) is 4.69. The lowest BCUT2D eigenvalue weighted by Crippen LogP contribution is -2.04. The lowest BCUT2D eigenvalue weighted by atomic mass is 10.1. The molecule has 5 heteroatoms. The highest BCUT2D eigenvalue weighted by Crippen LogP contribution is 2.18. The Kier molecular flexibility index (Phi) is 3.64. The Balaban J connectivity index is 1.85. The zero-order valence-corrected chi connectivity index (χ0v) is 12.0. The lowest BCUT2D eigenvalue weighted by molar-refractivity contribution is 0.396. The van der Waals surface area contributed by atoms with Gasteiger partial charge in [0.1, 0.15) is 11.6 Å². The van der Waals surface area contributed by atoms with E-state index in [0.29, 0.717) is 18.2 Å². The zero-order chi connectivity index (χ0) is 14.7. The minimum atomic E-state index is 0.557. The highest BCUT2D eigenvalue weighted by molar-refractivity contribution is 5.81. The van der Waals surface area contributed by atoms with Gasteiger partial charge < -0.3 is 10.1 Å². The molecular weight excluding hydrogens is 264 g/mol. The third-order valence-corrected chi connectivity index (χ3v) is 3.20. The van der Waals surface area contributed by atoms with Gasteiger partial charge in [0.05, 0.1) is 12.6 Å². The Hall–Kier alpha value is -2.69. The van der Waals surface area contributed by atoms with Gasteiger partial charge in [-0.05, 0) is 18.6 Å². The number of aromatic nitrogens is 3. The molecule has 3 rings (SSSR count). The first-order valence-corrected chi connectivity index (χ1v) is 6.72. The van der Waals surface area contributed by atoms with Crippen LogP contribution in [0.4, 0.5) is 5.82 Å². The van der Waals surface area contributed by atoms with Gasteiger partial charge in [-0.15, -0.1) is 0 Å². The fraction of sp³-hybridized carbons (Fsp3) is 0.188. The molecule has 1 aromatic carbocycles. The van der Waals surface area contributed by atoms with Gasteiger partial charge in [-0.3, -0.25) is 4.98 Å². The molecule has 0 bridgehead atoms. The van der Waals surface area contributed by atoms with E-state index in [1.807, 2.05) is 25.3 Å². The number of aryl methyl sites for hydroxylation is 1. The zero-order valence-electron chi connectivity index (χ0n) is 12.0. The van der Waals surface area contributed by atoms with Crippen LogP contribution in [0.15, 0.2) is 42.6 Å². The Labute approximate surface area is 123 Å². The average molecular weight is 280 g/mol. The number of nitrogens with one attached hydrogen (secondary N) is 1. The fourth-order valence-electron chi connectivity index (χ4n) is 2.23. The summed E-state index contributed by atoms with van der Waals surface area (Å²) in [6, 6.07) is 11.9. The predicted octanol–water partition coefficient (Wildman–Crippen LogP) is 2.95. The standard InChI is InChI=1S/C16H16N4O/c1-11-19-14(9-15(20-11)21-2)18-10-13-6-3-5-12-7-4-8-17-16(12)13/h3-9H,10H2,1-2H3,(H,18,19,20). The van der Waals surface area contributed by atoms with Gasteiger partial charge in [-0.1, -0.05) is 24.3 Å². The summed E-state index contributed by atoms with van der Waals surface area (Å²) in [4.78, 5) is 13.0. The summed E-state index contributed by atoms with van der Waals surface area (Å²) >= 11 is 0. The van der Waals surface area contributed by atoms with Crippen molar-refractivity contribution in [1.82, 2.24) is 15.0 Å². The van der Waals surface area contributed by atoms with Crippen molar-refractivity contribution in [3.63, 3.8) is 0 Å². The summed E-state index contributed by atoms with van der Waals surface area (Å²) in [5, 5.41) is 4.43. The van der Waals surface area contributed by atoms with Crippen LogP contribution in [0.5, 0.6) is 5.88 Å². The number of hydrogen-bond donors (Lipinski definition) is 1. The number of methoxy groups -OCH3 is 1. The van der Waals surface area contributed by atoms with Crippen molar-refractivity contribution in [3.8, 4) is 5.88 Å². The van der Waals surface area contributed by atoms with Crippen molar-refractivity contribution >= 4 is 16.7 Å². The molecule has 0 saturated carbocycles. The van der Waals surface area contributed by atoms with E-state index in [-0.39, 0.29) is 0 Å². The van der Waals surface area contributed by atoms with Gasteiger partial charge in [0, 0.05) is 24.2 Å². The van der Waals surface area contributed by atoms with Crippen LogP contribution in [0, 0.1) is 6.92 Å². The summed E-state index contributed by atoms with van der Waals surface area (Å²) < 4.78 is 5.15. The first-order valence-electron chi connectivity index (χ1n) is 6.72. The minimum Gasteiger partial charge on any atom is -0.481 e. The van der Waals surface area contributed by atoms with Crippen molar-refractivity contribution in [1.29, 1.82) is 0 Å². The number of ether oxygens (including phenoxy) is 1. The molecule has 0 fully saturated rings. The number of para-hydroxylation sites is 1. The van der Waals surface area contributed by atoms with Gasteiger partial charge in [-0.2, -0.15) is 4.98 Å². The first-order chi connectivity index (χ1) is 10.3. The van der Waals surface area contributed by atoms with Crippen LogP contribution in [0.3, 0.4) is 0 Å². The molecule has 0 aliphatic carbocycles. The summed E-state index contributed by atoms with van der Waals surface area (Å²) in [6.45, 7) is 2.49. The maximum Gasteiger partial charge on any atom is 0.218 e. The first kappa shape index (κ1) is 13.3. The number of benzene rings is 1. The monoisotopic (exact) mass is 280 g/mol. The highest BCUT2D eigenvalue weighted by atomic mass is 16.5. The number of fused-ring (bicyclic) bond motifs is 1. The molecule has 0 amide bonds. The van der Waals surface area contributed by atoms with Crippen LogP contribution in [0.2, 0.25) is 0 Å². The van der Waals surface area contributed by atoms with Crippen molar-refractivity contribution in [3.05, 3.63) is 54.0 Å². The topological polar surface area (TPSA) is 59.9 Å². The van der Waals surface area contributed by atoms with E-state index in [0.717, 1.165) is 22.3 Å². The largest absolute Gasteiger partial charge is 0.481 e. The quantitative estimate of drug-likeness (QED) is 0.796. The Morgan fingerprint density at radius 1 is 1.14 bits per heavy atom. The van der Waals surface area contributed by atoms with Crippen molar-refractivity contribution in [2.24, 2.45) is 0 Å². The van der Waals surface area contributed by atoms with Gasteiger partial charge in [0.2, 0.25) is 5.88 Å². The van der Waals surface area contributed by atoms with Crippen molar-refractivity contribution in [2.45, 2.75) is 13.5 Å². The van der Waals surface area contributed by atoms with Crippen LogP contribution >= 0.6 is 0 Å². The Morgan fingerprint density at radius 2 is 2.00 bits per heavy atom. The van der Waals surface area contributed by atoms with Gasteiger partial charge >= 0.3 is 0 Å². The van der Waals surface area contributed by atoms with E-state index < -0.39 is 0 Å². The molecule has 5 nitrogen and oxygen atoms in total. The molecule has 0 unspecified atom stereocenters. The molecule has 0 aliphatic heterocycles. The molecule has 2 heterocycles. The molecule has 0 aliphatic rings. The molecule has 1 N–H and O–H groups in total.